The molecule has 192 valence electrons. The van der Waals surface area contributed by atoms with Crippen LogP contribution < -0.4 is 21.1 Å². The minimum Gasteiger partial charge on any atom is -0.368 e. The molecule has 3 atom stereocenters. The molecule has 0 radical (unpaired) electrons. The Morgan fingerprint density at radius 3 is 2.29 bits per heavy atom. The molecule has 2 heterocycles. The zero-order valence-electron chi connectivity index (χ0n) is 21.2. The predicted molar refractivity (Wildman–Crippen MR) is 132 cm³/mol. The zero-order valence-corrected chi connectivity index (χ0v) is 21.2. The van der Waals surface area contributed by atoms with E-state index in [0.29, 0.717) is 34.6 Å². The van der Waals surface area contributed by atoms with Gasteiger partial charge in [0.15, 0.2) is 0 Å². The lowest BCUT2D eigenvalue weighted by molar-refractivity contribution is -0.137. The maximum absolute atomic E-state index is 13.9. The van der Waals surface area contributed by atoms with Crippen molar-refractivity contribution in [1.29, 1.82) is 0 Å². The number of halogens is 3. The summed E-state index contributed by atoms with van der Waals surface area (Å²) >= 11 is 0. The molecule has 1 amide bonds. The van der Waals surface area contributed by atoms with Gasteiger partial charge in [-0.05, 0) is 83.7 Å². The van der Waals surface area contributed by atoms with E-state index < -0.39 is 17.6 Å². The lowest BCUT2D eigenvalue weighted by atomic mass is 9.92. The van der Waals surface area contributed by atoms with E-state index in [1.807, 2.05) is 11.8 Å². The van der Waals surface area contributed by atoms with E-state index >= 15 is 0 Å². The molecule has 35 heavy (non-hydrogen) atoms. The number of anilines is 1. The molecule has 3 rings (SSSR count). The molecule has 1 saturated heterocycles. The quantitative estimate of drug-likeness (QED) is 0.551. The van der Waals surface area contributed by atoms with Crippen LogP contribution in [-0.2, 0) is 12.7 Å². The largest absolute Gasteiger partial charge is 0.416 e. The van der Waals surface area contributed by atoms with Gasteiger partial charge in [-0.3, -0.25) is 9.59 Å². The third-order valence-electron chi connectivity index (χ3n) is 6.78. The first-order valence-corrected chi connectivity index (χ1v) is 12.0. The molecular formula is C26H35F3N4O2. The van der Waals surface area contributed by atoms with Crippen LogP contribution in [0.15, 0.2) is 23.0 Å². The molecule has 6 nitrogen and oxygen atoms in total. The van der Waals surface area contributed by atoms with Gasteiger partial charge in [-0.25, -0.2) is 0 Å². The number of alkyl halides is 3. The zero-order chi connectivity index (χ0) is 26.1. The van der Waals surface area contributed by atoms with E-state index in [-0.39, 0.29) is 35.8 Å². The lowest BCUT2D eigenvalue weighted by Crippen LogP contribution is -2.51. The summed E-state index contributed by atoms with van der Waals surface area (Å²) in [6, 6.07) is 4.38. The van der Waals surface area contributed by atoms with Crippen LogP contribution in [0.4, 0.5) is 18.9 Å². The van der Waals surface area contributed by atoms with Crippen LogP contribution in [0, 0.1) is 20.8 Å². The van der Waals surface area contributed by atoms with Crippen molar-refractivity contribution in [3.63, 3.8) is 0 Å². The van der Waals surface area contributed by atoms with Crippen molar-refractivity contribution in [1.82, 2.24) is 15.6 Å². The van der Waals surface area contributed by atoms with Gasteiger partial charge >= 0.3 is 6.18 Å². The van der Waals surface area contributed by atoms with Crippen molar-refractivity contribution in [3.8, 4) is 0 Å². The molecule has 1 aliphatic heterocycles. The van der Waals surface area contributed by atoms with Gasteiger partial charge in [0.05, 0.1) is 5.56 Å². The molecule has 9 heteroatoms. The number of benzene rings is 1. The average molecular weight is 493 g/mol. The lowest BCUT2D eigenvalue weighted by Gasteiger charge is -2.41. The molecule has 2 aromatic rings. The van der Waals surface area contributed by atoms with Gasteiger partial charge in [0, 0.05) is 53.7 Å². The first-order valence-electron chi connectivity index (χ1n) is 12.0. The fourth-order valence-electron chi connectivity index (χ4n) is 5.18. The Kier molecular flexibility index (Phi) is 7.99. The fourth-order valence-corrected chi connectivity index (χ4v) is 5.18. The van der Waals surface area contributed by atoms with E-state index in [2.05, 4.69) is 29.5 Å². The maximum Gasteiger partial charge on any atom is 0.416 e. The second-order valence-electron chi connectivity index (χ2n) is 9.67. The number of nitrogens with zero attached hydrogens (tertiary/aromatic N) is 1. The monoisotopic (exact) mass is 492 g/mol. The van der Waals surface area contributed by atoms with E-state index in [0.717, 1.165) is 25.0 Å². The number of H-pyrrole nitrogens is 1. The molecular weight excluding hydrogens is 457 g/mol. The molecule has 3 N–H and O–H groups in total. The number of pyridine rings is 1. The Morgan fingerprint density at radius 2 is 1.74 bits per heavy atom. The summed E-state index contributed by atoms with van der Waals surface area (Å²) in [5, 5.41) is 6.12. The third-order valence-corrected chi connectivity index (χ3v) is 6.78. The minimum atomic E-state index is -4.60. The molecule has 0 saturated carbocycles. The highest BCUT2D eigenvalue weighted by molar-refractivity contribution is 5.97. The van der Waals surface area contributed by atoms with Gasteiger partial charge in [0.1, 0.15) is 0 Å². The smallest absolute Gasteiger partial charge is 0.368 e. The van der Waals surface area contributed by atoms with E-state index in [1.165, 1.54) is 0 Å². The molecule has 1 fully saturated rings. The van der Waals surface area contributed by atoms with Crippen molar-refractivity contribution in [2.45, 2.75) is 85.2 Å². The highest BCUT2D eigenvalue weighted by Crippen LogP contribution is 2.37. The Hall–Kier alpha value is -2.81. The first kappa shape index (κ1) is 26.8. The normalized spacial score (nSPS) is 20.5. The second-order valence-corrected chi connectivity index (χ2v) is 9.67. The van der Waals surface area contributed by atoms with Crippen LogP contribution in [0.2, 0.25) is 0 Å². The van der Waals surface area contributed by atoms with Gasteiger partial charge in [-0.1, -0.05) is 0 Å². The number of carbonyl (C=O) groups is 1. The predicted octanol–water partition coefficient (Wildman–Crippen LogP) is 4.60. The number of aromatic nitrogens is 1. The Morgan fingerprint density at radius 1 is 1.11 bits per heavy atom. The van der Waals surface area contributed by atoms with Crippen LogP contribution in [0.5, 0.6) is 0 Å². The number of nitrogens with one attached hydrogen (secondary N) is 3. The summed E-state index contributed by atoms with van der Waals surface area (Å²) in [6.45, 7) is 11.7. The molecule has 1 aromatic heterocycles. The van der Waals surface area contributed by atoms with Gasteiger partial charge in [-0.2, -0.15) is 13.2 Å². The number of rotatable bonds is 6. The molecule has 0 bridgehead atoms. The SMILES string of the molecule is CCN(c1cc(C(F)(F)F)cc(C(=O)NCc2c(C)cc(C)[nH]c2=O)c1C)C1C[C@@H](C)N[C@@H](C)C1. The van der Waals surface area contributed by atoms with Gasteiger partial charge in [0.25, 0.3) is 11.5 Å². The molecule has 1 aliphatic rings. The van der Waals surface area contributed by atoms with Crippen molar-refractivity contribution in [3.05, 3.63) is 62.1 Å². The number of aryl methyl sites for hydroxylation is 2. The first-order chi connectivity index (χ1) is 16.3. The average Bonchev–Trinajstić information content (AvgIpc) is 2.73. The van der Waals surface area contributed by atoms with Crippen molar-refractivity contribution < 1.29 is 18.0 Å². The van der Waals surface area contributed by atoms with Gasteiger partial charge in [0.2, 0.25) is 0 Å². The second kappa shape index (κ2) is 10.4. The number of piperidine rings is 1. The third kappa shape index (κ3) is 6.07. The van der Waals surface area contributed by atoms with Gasteiger partial charge in [-0.15, -0.1) is 0 Å². The number of amides is 1. The Labute approximate surface area is 204 Å². The Bertz CT molecular complexity index is 1130. The van der Waals surface area contributed by atoms with Crippen molar-refractivity contribution in [2.75, 3.05) is 11.4 Å². The van der Waals surface area contributed by atoms with E-state index in [1.54, 1.807) is 26.8 Å². The molecule has 0 spiro atoms. The summed E-state index contributed by atoms with van der Waals surface area (Å²) in [5.41, 5.74) is 1.47. The fraction of sp³-hybridized carbons (Fsp3) is 0.538. The molecule has 0 aliphatic carbocycles. The Balaban J connectivity index is 1.99. The standard InChI is InChI=1S/C26H35F3N4O2/c1-7-33(20-9-16(4)31-17(5)10-20)23-12-19(26(27,28)29)11-21(18(23)6)24(34)30-13-22-14(2)8-15(3)32-25(22)35/h8,11-12,16-17,20,31H,7,9-10,13H2,1-6H3,(H,30,34)(H,32,35)/t16-,17+,20?. The van der Waals surface area contributed by atoms with Crippen LogP contribution in [0.3, 0.4) is 0 Å². The topological polar surface area (TPSA) is 77.2 Å². The highest BCUT2D eigenvalue weighted by atomic mass is 19.4. The summed E-state index contributed by atoms with van der Waals surface area (Å²) in [7, 11) is 0. The van der Waals surface area contributed by atoms with Crippen LogP contribution in [0.1, 0.15) is 71.9 Å². The van der Waals surface area contributed by atoms with Crippen LogP contribution in [0.25, 0.3) is 0 Å². The van der Waals surface area contributed by atoms with Crippen molar-refractivity contribution in [2.24, 2.45) is 0 Å². The molecule has 1 aromatic carbocycles. The van der Waals surface area contributed by atoms with E-state index in [9.17, 15) is 22.8 Å². The number of hydrogen-bond donors (Lipinski definition) is 3. The van der Waals surface area contributed by atoms with E-state index in [4.69, 9.17) is 0 Å². The summed E-state index contributed by atoms with van der Waals surface area (Å²) < 4.78 is 41.6. The summed E-state index contributed by atoms with van der Waals surface area (Å²) in [4.78, 5) is 30.1. The van der Waals surface area contributed by atoms with Gasteiger partial charge < -0.3 is 20.5 Å². The highest BCUT2D eigenvalue weighted by Gasteiger charge is 2.35. The number of hydrogen-bond acceptors (Lipinski definition) is 4. The van der Waals surface area contributed by atoms with Crippen LogP contribution in [-0.4, -0.2) is 35.6 Å². The number of aromatic amines is 1. The summed E-state index contributed by atoms with van der Waals surface area (Å²) in [5.74, 6) is -0.641. The van der Waals surface area contributed by atoms with Crippen LogP contribution >= 0.6 is 0 Å². The molecule has 1 unspecified atom stereocenters. The number of carbonyl (C=O) groups excluding carboxylic acids is 1. The van der Waals surface area contributed by atoms with Crippen molar-refractivity contribution >= 4 is 11.6 Å². The maximum atomic E-state index is 13.9. The minimum absolute atomic E-state index is 0.0375. The summed E-state index contributed by atoms with van der Waals surface area (Å²) in [6.07, 6.45) is -3.01.